The van der Waals surface area contributed by atoms with Crippen LogP contribution in [-0.2, 0) is 11.2 Å². The molecule has 0 spiro atoms. The van der Waals surface area contributed by atoms with E-state index in [1.807, 2.05) is 0 Å². The number of aliphatic carboxylic acids is 1. The summed E-state index contributed by atoms with van der Waals surface area (Å²) in [4.78, 5) is 26.5. The topological polar surface area (TPSA) is 60.9 Å². The van der Waals surface area contributed by atoms with Gasteiger partial charge in [-0.3, -0.25) is 4.90 Å². The number of carbonyl (C=O) groups excluding carboxylic acids is 1. The number of anilines is 1. The number of carboxylic acids is 1. The van der Waals surface area contributed by atoms with E-state index < -0.39 is 12.0 Å². The van der Waals surface area contributed by atoms with Gasteiger partial charge in [-0.15, -0.1) is 0 Å². The van der Waals surface area contributed by atoms with Crippen LogP contribution in [0.1, 0.15) is 18.4 Å². The SMILES string of the molecule is O=C(O)[C@H]1CCCN1C(=O)N1CCc2ccc(F)cc21. The molecule has 1 N–H and O–H groups in total. The lowest BCUT2D eigenvalue weighted by atomic mass is 10.2. The molecule has 20 heavy (non-hydrogen) atoms. The number of halogens is 1. The van der Waals surface area contributed by atoms with Crippen molar-refractivity contribution in [2.45, 2.75) is 25.3 Å². The Kier molecular flexibility index (Phi) is 3.08. The van der Waals surface area contributed by atoms with Crippen LogP contribution in [0.5, 0.6) is 0 Å². The van der Waals surface area contributed by atoms with Crippen LogP contribution in [-0.4, -0.2) is 41.1 Å². The Morgan fingerprint density at radius 2 is 2.10 bits per heavy atom. The third-order valence-electron chi connectivity index (χ3n) is 3.96. The number of benzene rings is 1. The van der Waals surface area contributed by atoms with Gasteiger partial charge in [-0.05, 0) is 37.0 Å². The van der Waals surface area contributed by atoms with Crippen molar-refractivity contribution in [2.75, 3.05) is 18.0 Å². The summed E-state index contributed by atoms with van der Waals surface area (Å²) < 4.78 is 13.3. The number of urea groups is 1. The first-order valence-electron chi connectivity index (χ1n) is 6.67. The van der Waals surface area contributed by atoms with Crippen molar-refractivity contribution < 1.29 is 19.1 Å². The highest BCUT2D eigenvalue weighted by Crippen LogP contribution is 2.31. The van der Waals surface area contributed by atoms with E-state index >= 15 is 0 Å². The average molecular weight is 278 g/mol. The third kappa shape index (κ3) is 2.01. The number of carboxylic acid groups (broad SMARTS) is 1. The zero-order chi connectivity index (χ0) is 14.3. The molecule has 1 fully saturated rings. The Morgan fingerprint density at radius 1 is 1.30 bits per heavy atom. The first-order chi connectivity index (χ1) is 9.58. The second kappa shape index (κ2) is 4.77. The largest absolute Gasteiger partial charge is 0.480 e. The van der Waals surface area contributed by atoms with E-state index in [4.69, 9.17) is 5.11 Å². The van der Waals surface area contributed by atoms with Gasteiger partial charge in [-0.25, -0.2) is 14.0 Å². The van der Waals surface area contributed by atoms with E-state index in [1.54, 1.807) is 6.07 Å². The summed E-state index contributed by atoms with van der Waals surface area (Å²) >= 11 is 0. The van der Waals surface area contributed by atoms with E-state index in [9.17, 15) is 14.0 Å². The Labute approximate surface area is 115 Å². The van der Waals surface area contributed by atoms with Gasteiger partial charge in [0.1, 0.15) is 11.9 Å². The number of likely N-dealkylation sites (tertiary alicyclic amines) is 1. The molecular weight excluding hydrogens is 263 g/mol. The highest BCUT2D eigenvalue weighted by molar-refractivity contribution is 5.96. The van der Waals surface area contributed by atoms with Gasteiger partial charge in [0.25, 0.3) is 0 Å². The normalized spacial score (nSPS) is 21.1. The lowest BCUT2D eigenvalue weighted by molar-refractivity contribution is -0.141. The molecule has 1 aromatic carbocycles. The van der Waals surface area contributed by atoms with Crippen molar-refractivity contribution in [1.82, 2.24) is 4.90 Å². The minimum absolute atomic E-state index is 0.334. The zero-order valence-corrected chi connectivity index (χ0v) is 10.9. The van der Waals surface area contributed by atoms with Crippen LogP contribution in [0.3, 0.4) is 0 Å². The quantitative estimate of drug-likeness (QED) is 0.853. The predicted molar refractivity (Wildman–Crippen MR) is 70.2 cm³/mol. The Bertz CT molecular complexity index is 576. The Balaban J connectivity index is 1.86. The molecular formula is C14H15FN2O3. The molecule has 6 heteroatoms. The van der Waals surface area contributed by atoms with Crippen LogP contribution in [0.15, 0.2) is 18.2 Å². The van der Waals surface area contributed by atoms with Gasteiger partial charge in [-0.2, -0.15) is 0 Å². The summed E-state index contributed by atoms with van der Waals surface area (Å²) in [6, 6.07) is 3.30. The summed E-state index contributed by atoms with van der Waals surface area (Å²) in [6.45, 7) is 0.914. The second-order valence-electron chi connectivity index (χ2n) is 5.15. The van der Waals surface area contributed by atoms with Crippen LogP contribution in [0.2, 0.25) is 0 Å². The maximum Gasteiger partial charge on any atom is 0.326 e. The highest BCUT2D eigenvalue weighted by atomic mass is 19.1. The lowest BCUT2D eigenvalue weighted by Gasteiger charge is -2.27. The van der Waals surface area contributed by atoms with E-state index in [-0.39, 0.29) is 11.8 Å². The van der Waals surface area contributed by atoms with Gasteiger partial charge in [-0.1, -0.05) is 6.07 Å². The van der Waals surface area contributed by atoms with Crippen molar-refractivity contribution in [3.63, 3.8) is 0 Å². The third-order valence-corrected chi connectivity index (χ3v) is 3.96. The molecule has 1 aromatic rings. The van der Waals surface area contributed by atoms with Crippen molar-refractivity contribution in [3.05, 3.63) is 29.6 Å². The van der Waals surface area contributed by atoms with Crippen LogP contribution in [0.25, 0.3) is 0 Å². The number of rotatable bonds is 1. The summed E-state index contributed by atoms with van der Waals surface area (Å²) in [5, 5.41) is 9.14. The predicted octanol–water partition coefficient (Wildman–Crippen LogP) is 1.86. The van der Waals surface area contributed by atoms with Crippen molar-refractivity contribution in [1.29, 1.82) is 0 Å². The lowest BCUT2D eigenvalue weighted by Crippen LogP contribution is -2.47. The van der Waals surface area contributed by atoms with Crippen molar-refractivity contribution in [2.24, 2.45) is 0 Å². The molecule has 2 aliphatic heterocycles. The molecule has 2 amide bonds. The number of amides is 2. The average Bonchev–Trinajstić information content (AvgIpc) is 3.04. The van der Waals surface area contributed by atoms with Crippen molar-refractivity contribution in [3.8, 4) is 0 Å². The van der Waals surface area contributed by atoms with Crippen LogP contribution < -0.4 is 4.90 Å². The van der Waals surface area contributed by atoms with E-state index in [1.165, 1.54) is 21.9 Å². The number of nitrogens with zero attached hydrogens (tertiary/aromatic N) is 2. The highest BCUT2D eigenvalue weighted by Gasteiger charge is 2.38. The maximum atomic E-state index is 13.3. The van der Waals surface area contributed by atoms with Gasteiger partial charge in [0.2, 0.25) is 0 Å². The van der Waals surface area contributed by atoms with Gasteiger partial charge in [0.15, 0.2) is 0 Å². The molecule has 106 valence electrons. The fraction of sp³-hybridized carbons (Fsp3) is 0.429. The summed E-state index contributed by atoms with van der Waals surface area (Å²) in [7, 11) is 0. The molecule has 0 aliphatic carbocycles. The van der Waals surface area contributed by atoms with Gasteiger partial charge >= 0.3 is 12.0 Å². The fourth-order valence-corrected chi connectivity index (χ4v) is 2.96. The number of hydrogen-bond acceptors (Lipinski definition) is 2. The molecule has 2 heterocycles. The second-order valence-corrected chi connectivity index (χ2v) is 5.15. The van der Waals surface area contributed by atoms with Gasteiger partial charge < -0.3 is 10.0 Å². The van der Waals surface area contributed by atoms with Crippen molar-refractivity contribution >= 4 is 17.7 Å². The van der Waals surface area contributed by atoms with Crippen LogP contribution in [0.4, 0.5) is 14.9 Å². The fourth-order valence-electron chi connectivity index (χ4n) is 2.96. The standard InChI is InChI=1S/C14H15FN2O3/c15-10-4-3-9-5-7-17(12(9)8-10)14(20)16-6-1-2-11(16)13(18)19/h3-4,8,11H,1-2,5-7H2,(H,18,19)/t11-/m1/s1. The molecule has 5 nitrogen and oxygen atoms in total. The molecule has 0 saturated carbocycles. The first-order valence-corrected chi connectivity index (χ1v) is 6.67. The Morgan fingerprint density at radius 3 is 2.85 bits per heavy atom. The molecule has 3 rings (SSSR count). The number of carbonyl (C=O) groups is 2. The Hall–Kier alpha value is -2.11. The summed E-state index contributed by atoms with van der Waals surface area (Å²) in [6.07, 6.45) is 1.84. The minimum atomic E-state index is -0.977. The van der Waals surface area contributed by atoms with E-state index in [0.29, 0.717) is 38.0 Å². The molecule has 0 radical (unpaired) electrons. The summed E-state index contributed by atoms with van der Waals surface area (Å²) in [5.41, 5.74) is 1.48. The molecule has 0 bridgehead atoms. The summed E-state index contributed by atoms with van der Waals surface area (Å²) in [5.74, 6) is -1.37. The van der Waals surface area contributed by atoms with Crippen LogP contribution in [0, 0.1) is 5.82 Å². The van der Waals surface area contributed by atoms with E-state index in [2.05, 4.69) is 0 Å². The molecule has 0 aromatic heterocycles. The molecule has 0 unspecified atom stereocenters. The monoisotopic (exact) mass is 278 g/mol. The first kappa shape index (κ1) is 12.9. The van der Waals surface area contributed by atoms with Gasteiger partial charge in [0.05, 0.1) is 5.69 Å². The minimum Gasteiger partial charge on any atom is -0.480 e. The smallest absolute Gasteiger partial charge is 0.326 e. The zero-order valence-electron chi connectivity index (χ0n) is 10.9. The number of fused-ring (bicyclic) bond motifs is 1. The number of hydrogen-bond donors (Lipinski definition) is 1. The molecule has 1 saturated heterocycles. The van der Waals surface area contributed by atoms with Gasteiger partial charge in [0, 0.05) is 13.1 Å². The van der Waals surface area contributed by atoms with Crippen LogP contribution >= 0.6 is 0 Å². The molecule has 1 atom stereocenters. The maximum absolute atomic E-state index is 13.3. The molecule has 2 aliphatic rings. The van der Waals surface area contributed by atoms with E-state index in [0.717, 1.165) is 5.56 Å².